The van der Waals surface area contributed by atoms with E-state index in [-0.39, 0.29) is 17.0 Å². The average Bonchev–Trinajstić information content (AvgIpc) is 3.60. The number of carbonyl (C=O) groups is 1. The van der Waals surface area contributed by atoms with E-state index in [0.29, 0.717) is 23.7 Å². The Kier molecular flexibility index (Phi) is 2.86. The van der Waals surface area contributed by atoms with Gasteiger partial charge in [0.15, 0.2) is 0 Å². The van der Waals surface area contributed by atoms with Crippen molar-refractivity contribution < 1.29 is 14.7 Å². The summed E-state index contributed by atoms with van der Waals surface area (Å²) >= 11 is 0. The molecule has 0 aromatic heterocycles. The summed E-state index contributed by atoms with van der Waals surface area (Å²) in [6, 6.07) is 0. The Labute approximate surface area is 166 Å². The number of fused-ring (bicyclic) bond motifs is 10. The zero-order valence-electron chi connectivity index (χ0n) is 16.8. The second kappa shape index (κ2) is 4.87. The van der Waals surface area contributed by atoms with E-state index in [2.05, 4.69) is 18.2 Å². The van der Waals surface area contributed by atoms with Crippen molar-refractivity contribution in [2.45, 2.75) is 76.7 Å². The lowest BCUT2D eigenvalue weighted by Crippen LogP contribution is -2.56. The highest BCUT2D eigenvalue weighted by Gasteiger charge is 2.79. The van der Waals surface area contributed by atoms with Crippen molar-refractivity contribution >= 4 is 11.7 Å². The van der Waals surface area contributed by atoms with Crippen LogP contribution in [0.2, 0.25) is 0 Å². The fraction of sp³-hybridized carbons (Fsp3) is 0.833. The lowest BCUT2D eigenvalue weighted by atomic mass is 9.47. The van der Waals surface area contributed by atoms with E-state index in [4.69, 9.17) is 4.74 Å². The van der Waals surface area contributed by atoms with Crippen LogP contribution in [0.1, 0.15) is 71.1 Å². The van der Waals surface area contributed by atoms with E-state index >= 15 is 0 Å². The SMILES string of the molecule is C[C@]12CCC3C(CC4(CC4)C4=C/C(=N/O)CC[C@@H]43)C1C1CC1[C@@]21CCC(=O)O1. The molecule has 8 atom stereocenters. The Bertz CT molecular complexity index is 841. The summed E-state index contributed by atoms with van der Waals surface area (Å²) in [6.45, 7) is 2.50. The van der Waals surface area contributed by atoms with E-state index in [1.54, 1.807) is 5.57 Å². The Hall–Kier alpha value is -1.32. The fourth-order valence-corrected chi connectivity index (χ4v) is 9.58. The maximum Gasteiger partial charge on any atom is 0.306 e. The normalized spacial score (nSPS) is 56.0. The van der Waals surface area contributed by atoms with Crippen molar-refractivity contribution in [3.8, 4) is 0 Å². The molecule has 4 heteroatoms. The molecule has 150 valence electrons. The standard InChI is InChI=1S/C24H31NO3/c1-22-6-4-14-15-3-2-13(25-27)10-18(15)23(8-9-23)12-17(14)21(22)16-11-19(16)24(22)7-5-20(26)28-24/h10,14-17,19,21,27H,2-9,11-12H2,1H3/b25-13+/t14?,15-,16?,17?,19?,21?,22+,24+/m1/s1. The third-order valence-electron chi connectivity index (χ3n) is 10.8. The van der Waals surface area contributed by atoms with Crippen LogP contribution in [-0.2, 0) is 9.53 Å². The van der Waals surface area contributed by atoms with E-state index in [1.165, 1.54) is 44.9 Å². The maximum atomic E-state index is 12.2. The van der Waals surface area contributed by atoms with Crippen LogP contribution in [0.15, 0.2) is 16.8 Å². The molecule has 6 fully saturated rings. The van der Waals surface area contributed by atoms with E-state index in [1.807, 2.05) is 0 Å². The van der Waals surface area contributed by atoms with Crippen molar-refractivity contribution in [1.29, 1.82) is 0 Å². The van der Waals surface area contributed by atoms with Crippen LogP contribution in [0, 0.1) is 46.3 Å². The molecule has 7 aliphatic rings. The Morgan fingerprint density at radius 2 is 1.96 bits per heavy atom. The van der Waals surface area contributed by atoms with Crippen molar-refractivity contribution in [2.24, 2.45) is 51.5 Å². The molecule has 5 unspecified atom stereocenters. The van der Waals surface area contributed by atoms with Crippen LogP contribution in [-0.4, -0.2) is 22.5 Å². The molecule has 0 radical (unpaired) electrons. The van der Waals surface area contributed by atoms with Crippen LogP contribution in [0.3, 0.4) is 0 Å². The number of rotatable bonds is 0. The second-order valence-electron chi connectivity index (χ2n) is 11.5. The van der Waals surface area contributed by atoms with E-state index < -0.39 is 0 Å². The minimum Gasteiger partial charge on any atom is -0.458 e. The molecule has 7 rings (SSSR count). The highest BCUT2D eigenvalue weighted by molar-refractivity contribution is 5.96. The van der Waals surface area contributed by atoms with Crippen LogP contribution < -0.4 is 0 Å². The van der Waals surface area contributed by atoms with Crippen molar-refractivity contribution in [3.05, 3.63) is 11.6 Å². The van der Waals surface area contributed by atoms with Crippen LogP contribution in [0.4, 0.5) is 0 Å². The van der Waals surface area contributed by atoms with Gasteiger partial charge in [-0.25, -0.2) is 0 Å². The van der Waals surface area contributed by atoms with Crippen molar-refractivity contribution in [2.75, 3.05) is 0 Å². The molecule has 1 heterocycles. The molecule has 0 bridgehead atoms. The zero-order valence-corrected chi connectivity index (χ0v) is 16.8. The molecule has 6 aliphatic carbocycles. The highest BCUT2D eigenvalue weighted by atomic mass is 16.6. The largest absolute Gasteiger partial charge is 0.458 e. The zero-order chi connectivity index (χ0) is 18.9. The first-order valence-electron chi connectivity index (χ1n) is 11.7. The first-order chi connectivity index (χ1) is 13.5. The van der Waals surface area contributed by atoms with E-state index in [0.717, 1.165) is 42.2 Å². The summed E-state index contributed by atoms with van der Waals surface area (Å²) in [5.74, 6) is 4.59. The fourth-order valence-electron chi connectivity index (χ4n) is 9.58. The summed E-state index contributed by atoms with van der Waals surface area (Å²) in [5.41, 5.74) is 3.03. The molecular weight excluding hydrogens is 350 g/mol. The molecule has 1 N–H and O–H groups in total. The first kappa shape index (κ1) is 16.5. The van der Waals surface area contributed by atoms with Gasteiger partial charge in [-0.15, -0.1) is 0 Å². The summed E-state index contributed by atoms with van der Waals surface area (Å²) in [6.07, 6.45) is 13.8. The minimum absolute atomic E-state index is 0.0604. The summed E-state index contributed by atoms with van der Waals surface area (Å²) in [5, 5.41) is 12.9. The van der Waals surface area contributed by atoms with Crippen LogP contribution in [0.5, 0.6) is 0 Å². The lowest BCUT2D eigenvalue weighted by Gasteiger charge is -2.58. The smallest absolute Gasteiger partial charge is 0.306 e. The number of allylic oxidation sites excluding steroid dienone is 2. The molecule has 0 amide bonds. The topological polar surface area (TPSA) is 58.9 Å². The maximum absolute atomic E-state index is 12.2. The number of oxime groups is 1. The number of hydrogen-bond acceptors (Lipinski definition) is 4. The van der Waals surface area contributed by atoms with Gasteiger partial charge in [0.1, 0.15) is 5.60 Å². The highest BCUT2D eigenvalue weighted by Crippen LogP contribution is 2.80. The van der Waals surface area contributed by atoms with Gasteiger partial charge in [0, 0.05) is 17.8 Å². The van der Waals surface area contributed by atoms with E-state index in [9.17, 15) is 10.0 Å². The predicted molar refractivity (Wildman–Crippen MR) is 104 cm³/mol. The van der Waals surface area contributed by atoms with Crippen molar-refractivity contribution in [1.82, 2.24) is 0 Å². The summed E-state index contributed by atoms with van der Waals surface area (Å²) in [4.78, 5) is 12.2. The Morgan fingerprint density at radius 3 is 2.68 bits per heavy atom. The summed E-state index contributed by atoms with van der Waals surface area (Å²) in [7, 11) is 0. The third-order valence-corrected chi connectivity index (χ3v) is 10.8. The number of nitrogens with zero attached hydrogens (tertiary/aromatic N) is 1. The Balaban J connectivity index is 1.30. The van der Waals surface area contributed by atoms with Crippen molar-refractivity contribution in [3.63, 3.8) is 0 Å². The molecule has 1 aliphatic heterocycles. The monoisotopic (exact) mass is 381 g/mol. The van der Waals surface area contributed by atoms with Crippen LogP contribution >= 0.6 is 0 Å². The molecule has 5 saturated carbocycles. The van der Waals surface area contributed by atoms with Gasteiger partial charge in [0.25, 0.3) is 0 Å². The average molecular weight is 382 g/mol. The van der Waals surface area contributed by atoms with Gasteiger partial charge in [-0.2, -0.15) is 0 Å². The number of ether oxygens (including phenoxy) is 1. The van der Waals surface area contributed by atoms with Gasteiger partial charge in [-0.1, -0.05) is 17.7 Å². The molecule has 1 saturated heterocycles. The Morgan fingerprint density at radius 1 is 1.11 bits per heavy atom. The lowest BCUT2D eigenvalue weighted by molar-refractivity contribution is -0.175. The molecule has 28 heavy (non-hydrogen) atoms. The number of hydrogen-bond donors (Lipinski definition) is 1. The second-order valence-corrected chi connectivity index (χ2v) is 11.5. The number of carbonyl (C=O) groups excluding carboxylic acids is 1. The molecule has 0 aromatic rings. The molecule has 4 nitrogen and oxygen atoms in total. The van der Waals surface area contributed by atoms with Crippen LogP contribution in [0.25, 0.3) is 0 Å². The minimum atomic E-state index is -0.125. The molecule has 2 spiro atoms. The van der Waals surface area contributed by atoms with Gasteiger partial charge in [-0.3, -0.25) is 4.79 Å². The van der Waals surface area contributed by atoms with Gasteiger partial charge in [-0.05, 0) is 98.9 Å². The quantitative estimate of drug-likeness (QED) is 0.375. The summed E-state index contributed by atoms with van der Waals surface area (Å²) < 4.78 is 6.22. The first-order valence-corrected chi connectivity index (χ1v) is 11.7. The van der Waals surface area contributed by atoms with Gasteiger partial charge in [0.2, 0.25) is 0 Å². The van der Waals surface area contributed by atoms with Gasteiger partial charge >= 0.3 is 5.97 Å². The van der Waals surface area contributed by atoms with Gasteiger partial charge in [0.05, 0.1) is 5.71 Å². The molecular formula is C24H31NO3. The molecule has 0 aromatic carbocycles. The third kappa shape index (κ3) is 1.72. The van der Waals surface area contributed by atoms with Gasteiger partial charge < -0.3 is 9.94 Å². The number of esters is 1. The predicted octanol–water partition coefficient (Wildman–Crippen LogP) is 4.71.